The minimum Gasteiger partial charge on any atom is -0.384 e. The summed E-state index contributed by atoms with van der Waals surface area (Å²) in [6, 6.07) is 8.60. The fourth-order valence-electron chi connectivity index (χ4n) is 2.09. The molecular formula is C14H21ClN2. The second kappa shape index (κ2) is 5.74. The highest BCUT2D eigenvalue weighted by Crippen LogP contribution is 2.34. The number of rotatable bonds is 6. The van der Waals surface area contributed by atoms with Crippen LogP contribution in [0.15, 0.2) is 24.3 Å². The summed E-state index contributed by atoms with van der Waals surface area (Å²) >= 11 is 5.84. The van der Waals surface area contributed by atoms with E-state index in [4.69, 9.17) is 11.6 Å². The second-order valence-corrected chi connectivity index (χ2v) is 5.43. The first-order valence-corrected chi connectivity index (χ1v) is 6.74. The fourth-order valence-corrected chi connectivity index (χ4v) is 2.21. The van der Waals surface area contributed by atoms with Crippen molar-refractivity contribution in [2.75, 3.05) is 25.5 Å². The van der Waals surface area contributed by atoms with Gasteiger partial charge in [-0.15, -0.1) is 0 Å². The van der Waals surface area contributed by atoms with Crippen LogP contribution in [0.4, 0.5) is 5.69 Å². The van der Waals surface area contributed by atoms with Crippen LogP contribution in [-0.2, 0) is 0 Å². The molecule has 1 aliphatic carbocycles. The number of anilines is 1. The number of benzene rings is 1. The average molecular weight is 253 g/mol. The molecule has 0 saturated heterocycles. The van der Waals surface area contributed by atoms with E-state index in [2.05, 4.69) is 24.2 Å². The van der Waals surface area contributed by atoms with Crippen molar-refractivity contribution in [1.82, 2.24) is 4.90 Å². The van der Waals surface area contributed by atoms with E-state index in [9.17, 15) is 0 Å². The largest absolute Gasteiger partial charge is 0.384 e. The lowest BCUT2D eigenvalue weighted by molar-refractivity contribution is 0.243. The van der Waals surface area contributed by atoms with Gasteiger partial charge in [0.15, 0.2) is 0 Å². The Kier molecular flexibility index (Phi) is 4.30. The molecule has 0 heterocycles. The van der Waals surface area contributed by atoms with Crippen LogP contribution < -0.4 is 5.32 Å². The summed E-state index contributed by atoms with van der Waals surface area (Å²) in [5.41, 5.74) is 1.14. The lowest BCUT2D eigenvalue weighted by Crippen LogP contribution is -2.34. The predicted octanol–water partition coefficient (Wildman–Crippen LogP) is 3.48. The predicted molar refractivity (Wildman–Crippen MR) is 74.8 cm³/mol. The Morgan fingerprint density at radius 3 is 2.59 bits per heavy atom. The van der Waals surface area contributed by atoms with Crippen molar-refractivity contribution in [2.45, 2.75) is 25.8 Å². The Balaban J connectivity index is 1.69. The van der Waals surface area contributed by atoms with Gasteiger partial charge in [0.2, 0.25) is 0 Å². The van der Waals surface area contributed by atoms with Gasteiger partial charge in [-0.1, -0.05) is 11.6 Å². The van der Waals surface area contributed by atoms with Crippen molar-refractivity contribution in [3.8, 4) is 0 Å². The van der Waals surface area contributed by atoms with Gasteiger partial charge in [-0.25, -0.2) is 0 Å². The molecule has 1 N–H and O–H groups in total. The second-order valence-electron chi connectivity index (χ2n) is 4.99. The Hall–Kier alpha value is -0.730. The van der Waals surface area contributed by atoms with Gasteiger partial charge in [0.1, 0.15) is 0 Å². The van der Waals surface area contributed by atoms with Gasteiger partial charge < -0.3 is 10.2 Å². The molecule has 1 fully saturated rings. The number of halogens is 1. The number of likely N-dealkylation sites (N-methyl/N-ethyl adjacent to an activating group) is 1. The molecule has 0 aromatic heterocycles. The van der Waals surface area contributed by atoms with E-state index < -0.39 is 0 Å². The van der Waals surface area contributed by atoms with Gasteiger partial charge in [-0.05, 0) is 57.0 Å². The molecule has 0 spiro atoms. The van der Waals surface area contributed by atoms with Crippen molar-refractivity contribution < 1.29 is 0 Å². The van der Waals surface area contributed by atoms with Crippen molar-refractivity contribution in [1.29, 1.82) is 0 Å². The molecule has 2 rings (SSSR count). The number of hydrogen-bond donors (Lipinski definition) is 1. The summed E-state index contributed by atoms with van der Waals surface area (Å²) in [6.07, 6.45) is 2.83. The Bertz CT molecular complexity index is 346. The van der Waals surface area contributed by atoms with E-state index in [0.29, 0.717) is 0 Å². The minimum absolute atomic E-state index is 0.724. The molecule has 1 unspecified atom stereocenters. The molecular weight excluding hydrogens is 232 g/mol. The molecule has 1 aromatic carbocycles. The molecule has 0 amide bonds. The topological polar surface area (TPSA) is 15.3 Å². The standard InChI is InChI=1S/C14H21ClN2/c1-11(12-3-4-12)17(2)10-9-16-14-7-5-13(15)6-8-14/h5-8,11-12,16H,3-4,9-10H2,1-2H3. The molecule has 3 heteroatoms. The summed E-state index contributed by atoms with van der Waals surface area (Å²) in [4.78, 5) is 2.45. The zero-order valence-electron chi connectivity index (χ0n) is 10.6. The van der Waals surface area contributed by atoms with Crippen molar-refractivity contribution in [3.05, 3.63) is 29.3 Å². The smallest absolute Gasteiger partial charge is 0.0407 e. The first kappa shape index (κ1) is 12.7. The highest BCUT2D eigenvalue weighted by molar-refractivity contribution is 6.30. The Labute approximate surface area is 109 Å². The van der Waals surface area contributed by atoms with E-state index in [-0.39, 0.29) is 0 Å². The molecule has 1 aliphatic rings. The number of nitrogens with one attached hydrogen (secondary N) is 1. The van der Waals surface area contributed by atoms with Crippen LogP contribution in [0.2, 0.25) is 5.02 Å². The Morgan fingerprint density at radius 1 is 1.35 bits per heavy atom. The molecule has 2 nitrogen and oxygen atoms in total. The zero-order valence-corrected chi connectivity index (χ0v) is 11.4. The molecule has 1 aromatic rings. The SMILES string of the molecule is CC(C1CC1)N(C)CCNc1ccc(Cl)cc1. The molecule has 17 heavy (non-hydrogen) atoms. The van der Waals surface area contributed by atoms with E-state index in [1.54, 1.807) is 0 Å². The quantitative estimate of drug-likeness (QED) is 0.834. The van der Waals surface area contributed by atoms with E-state index in [0.717, 1.165) is 35.8 Å². The normalized spacial score (nSPS) is 17.2. The van der Waals surface area contributed by atoms with Gasteiger partial charge >= 0.3 is 0 Å². The van der Waals surface area contributed by atoms with Gasteiger partial charge in [-0.3, -0.25) is 0 Å². The van der Waals surface area contributed by atoms with E-state index in [1.807, 2.05) is 24.3 Å². The molecule has 1 saturated carbocycles. The molecule has 0 bridgehead atoms. The monoisotopic (exact) mass is 252 g/mol. The average Bonchev–Trinajstić information content (AvgIpc) is 3.14. The number of hydrogen-bond acceptors (Lipinski definition) is 2. The summed E-state index contributed by atoms with van der Waals surface area (Å²) in [5, 5.41) is 4.20. The van der Waals surface area contributed by atoms with Gasteiger partial charge in [0, 0.05) is 29.8 Å². The van der Waals surface area contributed by atoms with Crippen LogP contribution in [0.1, 0.15) is 19.8 Å². The molecule has 1 atom stereocenters. The third kappa shape index (κ3) is 3.90. The third-order valence-corrected chi connectivity index (χ3v) is 3.89. The maximum Gasteiger partial charge on any atom is 0.0407 e. The molecule has 0 radical (unpaired) electrons. The van der Waals surface area contributed by atoms with Gasteiger partial charge in [-0.2, -0.15) is 0 Å². The number of nitrogens with zero attached hydrogens (tertiary/aromatic N) is 1. The van der Waals surface area contributed by atoms with Crippen LogP contribution in [0, 0.1) is 5.92 Å². The van der Waals surface area contributed by atoms with Crippen LogP contribution in [0.5, 0.6) is 0 Å². The van der Waals surface area contributed by atoms with Crippen molar-refractivity contribution in [2.24, 2.45) is 5.92 Å². The van der Waals surface area contributed by atoms with Crippen LogP contribution in [-0.4, -0.2) is 31.1 Å². The summed E-state index contributed by atoms with van der Waals surface area (Å²) in [5.74, 6) is 0.940. The van der Waals surface area contributed by atoms with Gasteiger partial charge in [0.05, 0.1) is 0 Å². The molecule has 94 valence electrons. The highest BCUT2D eigenvalue weighted by atomic mass is 35.5. The van der Waals surface area contributed by atoms with E-state index in [1.165, 1.54) is 12.8 Å². The summed E-state index contributed by atoms with van der Waals surface area (Å²) in [6.45, 7) is 4.40. The first-order valence-electron chi connectivity index (χ1n) is 6.36. The van der Waals surface area contributed by atoms with Crippen LogP contribution in [0.25, 0.3) is 0 Å². The lowest BCUT2D eigenvalue weighted by Gasteiger charge is -2.24. The maximum absolute atomic E-state index is 5.84. The Morgan fingerprint density at radius 2 is 2.00 bits per heavy atom. The lowest BCUT2D eigenvalue weighted by atomic mass is 10.2. The fraction of sp³-hybridized carbons (Fsp3) is 0.571. The van der Waals surface area contributed by atoms with Crippen molar-refractivity contribution >= 4 is 17.3 Å². The molecule has 0 aliphatic heterocycles. The zero-order chi connectivity index (χ0) is 12.3. The summed E-state index contributed by atoms with van der Waals surface area (Å²) in [7, 11) is 2.21. The van der Waals surface area contributed by atoms with Crippen molar-refractivity contribution in [3.63, 3.8) is 0 Å². The highest BCUT2D eigenvalue weighted by Gasteiger charge is 2.29. The third-order valence-electron chi connectivity index (χ3n) is 3.64. The van der Waals surface area contributed by atoms with Gasteiger partial charge in [0.25, 0.3) is 0 Å². The minimum atomic E-state index is 0.724. The first-order chi connectivity index (χ1) is 8.16. The maximum atomic E-state index is 5.84. The van der Waals surface area contributed by atoms with E-state index >= 15 is 0 Å². The van der Waals surface area contributed by atoms with Crippen LogP contribution in [0.3, 0.4) is 0 Å². The summed E-state index contributed by atoms with van der Waals surface area (Å²) < 4.78 is 0. The van der Waals surface area contributed by atoms with Crippen LogP contribution >= 0.6 is 11.6 Å².